The lowest BCUT2D eigenvalue weighted by atomic mass is 10.0. The van der Waals surface area contributed by atoms with Crippen LogP contribution in [0.25, 0.3) is 0 Å². The minimum absolute atomic E-state index is 0.644. The molecule has 0 aliphatic carbocycles. The van der Waals surface area contributed by atoms with Crippen LogP contribution in [0.4, 0.5) is 0 Å². The Hall–Kier alpha value is -0.340. The van der Waals surface area contributed by atoms with Gasteiger partial charge >= 0.3 is 0 Å². The molecule has 1 fully saturated rings. The maximum atomic E-state index is 5.38. The second kappa shape index (κ2) is 8.71. The van der Waals surface area contributed by atoms with Gasteiger partial charge in [-0.15, -0.1) is 0 Å². The van der Waals surface area contributed by atoms with Crippen molar-refractivity contribution < 1.29 is 4.74 Å². The van der Waals surface area contributed by atoms with Gasteiger partial charge in [0.1, 0.15) is 0 Å². The zero-order chi connectivity index (χ0) is 12.5. The van der Waals surface area contributed by atoms with Crippen molar-refractivity contribution in [3.05, 3.63) is 11.6 Å². The van der Waals surface area contributed by atoms with Gasteiger partial charge in [0.2, 0.25) is 0 Å². The summed E-state index contributed by atoms with van der Waals surface area (Å²) in [6, 6.07) is 0.644. The van der Waals surface area contributed by atoms with Crippen molar-refractivity contribution >= 4 is 0 Å². The topological polar surface area (TPSA) is 21.3 Å². The summed E-state index contributed by atoms with van der Waals surface area (Å²) in [7, 11) is 0. The molecule has 1 saturated heterocycles. The molecule has 1 N–H and O–H groups in total. The lowest BCUT2D eigenvalue weighted by molar-refractivity contribution is 0.183. The van der Waals surface area contributed by atoms with Crippen LogP contribution in [-0.4, -0.2) is 25.8 Å². The van der Waals surface area contributed by atoms with Gasteiger partial charge in [0, 0.05) is 19.3 Å². The fraction of sp³-hybridized carbons (Fsp3) is 0.867. The largest absolute Gasteiger partial charge is 0.381 e. The molecular formula is C15H29NO. The van der Waals surface area contributed by atoms with E-state index in [2.05, 4.69) is 32.2 Å². The van der Waals surface area contributed by atoms with E-state index in [1.807, 2.05) is 0 Å². The maximum absolute atomic E-state index is 5.38. The Morgan fingerprint density at radius 1 is 1.47 bits per heavy atom. The molecule has 0 aromatic carbocycles. The zero-order valence-corrected chi connectivity index (χ0v) is 11.8. The van der Waals surface area contributed by atoms with E-state index in [0.29, 0.717) is 6.04 Å². The van der Waals surface area contributed by atoms with Crippen LogP contribution in [0, 0.1) is 5.92 Å². The minimum Gasteiger partial charge on any atom is -0.381 e. The summed E-state index contributed by atoms with van der Waals surface area (Å²) in [6.07, 6.45) is 8.67. The minimum atomic E-state index is 0.644. The van der Waals surface area contributed by atoms with Crippen LogP contribution < -0.4 is 5.32 Å². The zero-order valence-electron chi connectivity index (χ0n) is 11.8. The molecule has 0 aromatic rings. The highest BCUT2D eigenvalue weighted by Crippen LogP contribution is 2.17. The first-order valence-corrected chi connectivity index (χ1v) is 7.13. The third-order valence-electron chi connectivity index (χ3n) is 3.46. The van der Waals surface area contributed by atoms with Gasteiger partial charge in [0.25, 0.3) is 0 Å². The van der Waals surface area contributed by atoms with Crippen LogP contribution in [0.5, 0.6) is 0 Å². The van der Waals surface area contributed by atoms with Gasteiger partial charge in [-0.05, 0) is 65.3 Å². The van der Waals surface area contributed by atoms with Gasteiger partial charge < -0.3 is 10.1 Å². The highest BCUT2D eigenvalue weighted by molar-refractivity contribution is 4.93. The van der Waals surface area contributed by atoms with Gasteiger partial charge in [-0.3, -0.25) is 0 Å². The molecule has 0 saturated carbocycles. The Kier molecular flexibility index (Phi) is 7.54. The van der Waals surface area contributed by atoms with E-state index in [0.717, 1.165) is 25.7 Å². The summed E-state index contributed by atoms with van der Waals surface area (Å²) in [5, 5.41) is 3.61. The first-order valence-electron chi connectivity index (χ1n) is 7.13. The molecule has 1 rings (SSSR count). The van der Waals surface area contributed by atoms with Gasteiger partial charge in [0.05, 0.1) is 0 Å². The van der Waals surface area contributed by atoms with E-state index in [-0.39, 0.29) is 0 Å². The van der Waals surface area contributed by atoms with E-state index in [4.69, 9.17) is 4.74 Å². The van der Waals surface area contributed by atoms with E-state index in [1.165, 1.54) is 37.7 Å². The molecule has 0 amide bonds. The maximum Gasteiger partial charge on any atom is 0.0495 e. The van der Waals surface area contributed by atoms with Crippen molar-refractivity contribution in [2.45, 2.75) is 58.9 Å². The lowest BCUT2D eigenvalue weighted by Crippen LogP contribution is -2.27. The van der Waals surface area contributed by atoms with Crippen LogP contribution >= 0.6 is 0 Å². The summed E-state index contributed by atoms with van der Waals surface area (Å²) in [5.74, 6) is 0.831. The Bertz CT molecular complexity index is 215. The first kappa shape index (κ1) is 14.7. The van der Waals surface area contributed by atoms with Crippen molar-refractivity contribution in [1.29, 1.82) is 0 Å². The van der Waals surface area contributed by atoms with Crippen LogP contribution in [-0.2, 0) is 4.74 Å². The smallest absolute Gasteiger partial charge is 0.0495 e. The molecule has 0 radical (unpaired) electrons. The third-order valence-corrected chi connectivity index (χ3v) is 3.46. The Balaban J connectivity index is 1.92. The highest BCUT2D eigenvalue weighted by atomic mass is 16.5. The SMILES string of the molecule is CC(C)=CCC[C@@H](C)NCCC[C@H]1CCOC1. The Morgan fingerprint density at radius 3 is 2.94 bits per heavy atom. The van der Waals surface area contributed by atoms with Crippen molar-refractivity contribution in [3.8, 4) is 0 Å². The van der Waals surface area contributed by atoms with Gasteiger partial charge in [-0.2, -0.15) is 0 Å². The fourth-order valence-corrected chi connectivity index (χ4v) is 2.27. The average molecular weight is 239 g/mol. The van der Waals surface area contributed by atoms with Gasteiger partial charge in [-0.25, -0.2) is 0 Å². The summed E-state index contributed by atoms with van der Waals surface area (Å²) in [4.78, 5) is 0. The predicted octanol–water partition coefficient (Wildman–Crippen LogP) is 3.53. The Morgan fingerprint density at radius 2 is 2.29 bits per heavy atom. The van der Waals surface area contributed by atoms with Gasteiger partial charge in [-0.1, -0.05) is 11.6 Å². The number of hydrogen-bond acceptors (Lipinski definition) is 2. The first-order chi connectivity index (χ1) is 8.18. The molecule has 0 spiro atoms. The predicted molar refractivity (Wildman–Crippen MR) is 74.3 cm³/mol. The number of hydrogen-bond donors (Lipinski definition) is 1. The molecule has 0 aromatic heterocycles. The van der Waals surface area contributed by atoms with Crippen molar-refractivity contribution in [2.75, 3.05) is 19.8 Å². The Labute approximate surface area is 107 Å². The molecule has 2 heteroatoms. The summed E-state index contributed by atoms with van der Waals surface area (Å²) >= 11 is 0. The van der Waals surface area contributed by atoms with Crippen LogP contribution in [0.15, 0.2) is 11.6 Å². The van der Waals surface area contributed by atoms with E-state index in [1.54, 1.807) is 0 Å². The summed E-state index contributed by atoms with van der Waals surface area (Å²) in [6.45, 7) is 9.76. The van der Waals surface area contributed by atoms with E-state index >= 15 is 0 Å². The van der Waals surface area contributed by atoms with Crippen molar-refractivity contribution in [2.24, 2.45) is 5.92 Å². The molecule has 1 aliphatic heterocycles. The van der Waals surface area contributed by atoms with Crippen LogP contribution in [0.3, 0.4) is 0 Å². The van der Waals surface area contributed by atoms with E-state index < -0.39 is 0 Å². The van der Waals surface area contributed by atoms with Crippen molar-refractivity contribution in [3.63, 3.8) is 0 Å². The fourth-order valence-electron chi connectivity index (χ4n) is 2.27. The van der Waals surface area contributed by atoms with Crippen LogP contribution in [0.2, 0.25) is 0 Å². The average Bonchev–Trinajstić information content (AvgIpc) is 2.76. The molecule has 17 heavy (non-hydrogen) atoms. The highest BCUT2D eigenvalue weighted by Gasteiger charge is 2.14. The third kappa shape index (κ3) is 7.56. The van der Waals surface area contributed by atoms with Crippen LogP contribution in [0.1, 0.15) is 52.9 Å². The molecule has 100 valence electrons. The second-order valence-corrected chi connectivity index (χ2v) is 5.59. The standard InChI is InChI=1S/C15H29NO/c1-13(2)6-4-7-14(3)16-10-5-8-15-9-11-17-12-15/h6,14-16H,4-5,7-12H2,1-3H3/t14-,15+/m1/s1. The quantitative estimate of drug-likeness (QED) is 0.517. The number of allylic oxidation sites excluding steroid dienone is 2. The monoisotopic (exact) mass is 239 g/mol. The summed E-state index contributed by atoms with van der Waals surface area (Å²) < 4.78 is 5.38. The van der Waals surface area contributed by atoms with Crippen molar-refractivity contribution in [1.82, 2.24) is 5.32 Å². The number of ether oxygens (including phenoxy) is 1. The molecule has 1 heterocycles. The molecule has 0 bridgehead atoms. The summed E-state index contributed by atoms with van der Waals surface area (Å²) in [5.41, 5.74) is 1.43. The van der Waals surface area contributed by atoms with E-state index in [9.17, 15) is 0 Å². The molecule has 2 nitrogen and oxygen atoms in total. The molecule has 0 unspecified atom stereocenters. The molecule has 1 aliphatic rings. The molecule has 2 atom stereocenters. The number of rotatable bonds is 8. The van der Waals surface area contributed by atoms with Gasteiger partial charge in [0.15, 0.2) is 0 Å². The molecular weight excluding hydrogens is 210 g/mol. The number of nitrogens with one attached hydrogen (secondary N) is 1. The normalized spacial score (nSPS) is 21.5. The lowest BCUT2D eigenvalue weighted by Gasteiger charge is -2.13. The second-order valence-electron chi connectivity index (χ2n) is 5.59.